The Bertz CT molecular complexity index is 431. The molecule has 0 aliphatic rings. The van der Waals surface area contributed by atoms with Crippen LogP contribution in [0.3, 0.4) is 0 Å². The first-order valence-electron chi connectivity index (χ1n) is 5.51. The maximum absolute atomic E-state index is 12.9. The van der Waals surface area contributed by atoms with Crippen LogP contribution in [0.5, 0.6) is 0 Å². The lowest BCUT2D eigenvalue weighted by molar-refractivity contribution is 0.0952. The van der Waals surface area contributed by atoms with Crippen molar-refractivity contribution in [2.45, 2.75) is 19.3 Å². The van der Waals surface area contributed by atoms with Crippen LogP contribution >= 0.6 is 12.2 Å². The second-order valence-electron chi connectivity index (χ2n) is 3.84. The molecule has 3 nitrogen and oxygen atoms in total. The van der Waals surface area contributed by atoms with Gasteiger partial charge in [0, 0.05) is 18.2 Å². The minimum atomic E-state index is -0.770. The topological polar surface area (TPSA) is 55.1 Å². The normalized spacial score (nSPS) is 10.1. The molecule has 0 aliphatic heterocycles. The second-order valence-corrected chi connectivity index (χ2v) is 4.36. The van der Waals surface area contributed by atoms with Crippen LogP contribution in [0, 0.1) is 11.6 Å². The Labute approximate surface area is 109 Å². The van der Waals surface area contributed by atoms with Crippen molar-refractivity contribution in [3.8, 4) is 0 Å². The fourth-order valence-corrected chi connectivity index (χ4v) is 1.56. The third-order valence-corrected chi connectivity index (χ3v) is 2.46. The highest BCUT2D eigenvalue weighted by Crippen LogP contribution is 2.07. The van der Waals surface area contributed by atoms with Gasteiger partial charge in [-0.2, -0.15) is 0 Å². The SMILES string of the molecule is NC(=S)CCCCNC(=O)c1cc(F)cc(F)c1. The van der Waals surface area contributed by atoms with E-state index in [1.165, 1.54) is 0 Å². The number of carbonyl (C=O) groups excluding carboxylic acids is 1. The summed E-state index contributed by atoms with van der Waals surface area (Å²) in [6, 6.07) is 2.71. The minimum Gasteiger partial charge on any atom is -0.393 e. The van der Waals surface area contributed by atoms with Crippen molar-refractivity contribution in [1.82, 2.24) is 5.32 Å². The Hall–Kier alpha value is -1.56. The fourth-order valence-electron chi connectivity index (χ4n) is 1.41. The third kappa shape index (κ3) is 5.18. The molecule has 0 spiro atoms. The molecule has 18 heavy (non-hydrogen) atoms. The Morgan fingerprint density at radius 1 is 1.22 bits per heavy atom. The molecule has 0 aliphatic carbocycles. The molecule has 1 aromatic carbocycles. The highest BCUT2D eigenvalue weighted by atomic mass is 32.1. The lowest BCUT2D eigenvalue weighted by Gasteiger charge is -2.05. The van der Waals surface area contributed by atoms with E-state index in [9.17, 15) is 13.6 Å². The van der Waals surface area contributed by atoms with Gasteiger partial charge in [0.15, 0.2) is 0 Å². The van der Waals surface area contributed by atoms with Crippen LogP contribution in [0.2, 0.25) is 0 Å². The smallest absolute Gasteiger partial charge is 0.251 e. The van der Waals surface area contributed by atoms with Crippen molar-refractivity contribution < 1.29 is 13.6 Å². The van der Waals surface area contributed by atoms with Gasteiger partial charge < -0.3 is 11.1 Å². The molecule has 0 radical (unpaired) electrons. The molecular formula is C12H14F2N2OS. The molecule has 1 amide bonds. The number of nitrogens with one attached hydrogen (secondary N) is 1. The summed E-state index contributed by atoms with van der Waals surface area (Å²) in [5, 5.41) is 2.57. The molecule has 0 heterocycles. The molecular weight excluding hydrogens is 258 g/mol. The number of rotatable bonds is 6. The van der Waals surface area contributed by atoms with Gasteiger partial charge in [0.25, 0.3) is 5.91 Å². The molecule has 0 saturated carbocycles. The van der Waals surface area contributed by atoms with Gasteiger partial charge in [-0.3, -0.25) is 4.79 Å². The van der Waals surface area contributed by atoms with Crippen molar-refractivity contribution in [1.29, 1.82) is 0 Å². The Morgan fingerprint density at radius 3 is 2.39 bits per heavy atom. The van der Waals surface area contributed by atoms with Crippen LogP contribution in [0.15, 0.2) is 18.2 Å². The highest BCUT2D eigenvalue weighted by Gasteiger charge is 2.08. The Kier molecular flexibility index (Phi) is 5.64. The Balaban J connectivity index is 2.38. The average molecular weight is 272 g/mol. The van der Waals surface area contributed by atoms with E-state index in [-0.39, 0.29) is 5.56 Å². The number of thiocarbonyl (C=S) groups is 1. The molecule has 98 valence electrons. The van der Waals surface area contributed by atoms with E-state index < -0.39 is 17.5 Å². The number of amides is 1. The molecule has 0 saturated heterocycles. The standard InChI is InChI=1S/C12H14F2N2OS/c13-9-5-8(6-10(14)7-9)12(17)16-4-2-1-3-11(15)18/h5-7H,1-4H2,(H2,15,18)(H,16,17). The summed E-state index contributed by atoms with van der Waals surface area (Å²) < 4.78 is 25.7. The lowest BCUT2D eigenvalue weighted by atomic mass is 10.2. The first-order chi connectivity index (χ1) is 8.49. The van der Waals surface area contributed by atoms with Crippen LogP contribution in [-0.2, 0) is 0 Å². The maximum Gasteiger partial charge on any atom is 0.251 e. The zero-order chi connectivity index (χ0) is 13.5. The molecule has 6 heteroatoms. The quantitative estimate of drug-likeness (QED) is 0.616. The fraction of sp³-hybridized carbons (Fsp3) is 0.333. The summed E-state index contributed by atoms with van der Waals surface area (Å²) in [5.74, 6) is -2.04. The largest absolute Gasteiger partial charge is 0.393 e. The summed E-state index contributed by atoms with van der Waals surface area (Å²) in [7, 11) is 0. The number of carbonyl (C=O) groups is 1. The Morgan fingerprint density at radius 2 is 1.83 bits per heavy atom. The van der Waals surface area contributed by atoms with E-state index in [0.717, 1.165) is 24.6 Å². The highest BCUT2D eigenvalue weighted by molar-refractivity contribution is 7.80. The van der Waals surface area contributed by atoms with Gasteiger partial charge in [-0.25, -0.2) is 8.78 Å². The summed E-state index contributed by atoms with van der Waals surface area (Å²) >= 11 is 4.71. The predicted octanol–water partition coefficient (Wildman–Crippen LogP) is 2.15. The molecule has 0 bridgehead atoms. The molecule has 1 aromatic rings. The third-order valence-electron chi connectivity index (χ3n) is 2.26. The van der Waals surface area contributed by atoms with E-state index in [1.54, 1.807) is 0 Å². The maximum atomic E-state index is 12.9. The van der Waals surface area contributed by atoms with E-state index in [1.807, 2.05) is 0 Å². The number of benzene rings is 1. The van der Waals surface area contributed by atoms with Gasteiger partial charge in [-0.05, 0) is 31.4 Å². The monoisotopic (exact) mass is 272 g/mol. The summed E-state index contributed by atoms with van der Waals surface area (Å²) in [6.07, 6.45) is 2.10. The van der Waals surface area contributed by atoms with Crippen molar-refractivity contribution in [3.63, 3.8) is 0 Å². The molecule has 3 N–H and O–H groups in total. The van der Waals surface area contributed by atoms with E-state index >= 15 is 0 Å². The zero-order valence-corrected chi connectivity index (χ0v) is 10.5. The van der Waals surface area contributed by atoms with E-state index in [4.69, 9.17) is 18.0 Å². The number of unbranched alkanes of at least 4 members (excludes halogenated alkanes) is 1. The molecule has 1 rings (SSSR count). The summed E-state index contributed by atoms with van der Waals surface area (Å²) in [6.45, 7) is 0.416. The van der Waals surface area contributed by atoms with Gasteiger partial charge in [0.1, 0.15) is 11.6 Å². The van der Waals surface area contributed by atoms with Gasteiger partial charge in [-0.1, -0.05) is 12.2 Å². The number of halogens is 2. The van der Waals surface area contributed by atoms with Crippen molar-refractivity contribution in [3.05, 3.63) is 35.4 Å². The van der Waals surface area contributed by atoms with Crippen LogP contribution < -0.4 is 11.1 Å². The minimum absolute atomic E-state index is 0.0261. The molecule has 0 unspecified atom stereocenters. The molecule has 0 fully saturated rings. The predicted molar refractivity (Wildman–Crippen MR) is 69.3 cm³/mol. The van der Waals surface area contributed by atoms with Crippen molar-refractivity contribution in [2.24, 2.45) is 5.73 Å². The van der Waals surface area contributed by atoms with Crippen LogP contribution in [-0.4, -0.2) is 17.4 Å². The van der Waals surface area contributed by atoms with Crippen molar-refractivity contribution >= 4 is 23.1 Å². The average Bonchev–Trinajstić information content (AvgIpc) is 2.26. The van der Waals surface area contributed by atoms with Crippen LogP contribution in [0.25, 0.3) is 0 Å². The van der Waals surface area contributed by atoms with Gasteiger partial charge in [0.2, 0.25) is 0 Å². The first kappa shape index (κ1) is 14.5. The van der Waals surface area contributed by atoms with E-state index in [2.05, 4.69) is 5.32 Å². The van der Waals surface area contributed by atoms with Crippen molar-refractivity contribution in [2.75, 3.05) is 6.54 Å². The zero-order valence-electron chi connectivity index (χ0n) is 9.71. The molecule has 0 atom stereocenters. The number of nitrogens with two attached hydrogens (primary N) is 1. The first-order valence-corrected chi connectivity index (χ1v) is 5.92. The van der Waals surface area contributed by atoms with Gasteiger partial charge >= 0.3 is 0 Å². The second kappa shape index (κ2) is 7.00. The number of hydrogen-bond donors (Lipinski definition) is 2. The lowest BCUT2D eigenvalue weighted by Crippen LogP contribution is -2.24. The van der Waals surface area contributed by atoms with E-state index in [0.29, 0.717) is 24.4 Å². The number of hydrogen-bond acceptors (Lipinski definition) is 2. The van der Waals surface area contributed by atoms with Gasteiger partial charge in [0.05, 0.1) is 4.99 Å². The molecule has 0 aromatic heterocycles. The van der Waals surface area contributed by atoms with Gasteiger partial charge in [-0.15, -0.1) is 0 Å². The van der Waals surface area contributed by atoms with Crippen LogP contribution in [0.4, 0.5) is 8.78 Å². The summed E-state index contributed by atoms with van der Waals surface area (Å²) in [5.41, 5.74) is 5.29. The van der Waals surface area contributed by atoms with Crippen LogP contribution in [0.1, 0.15) is 29.6 Å². The summed E-state index contributed by atoms with van der Waals surface area (Å²) in [4.78, 5) is 12.0.